The topological polar surface area (TPSA) is 55.8 Å². The molecule has 0 aromatic rings. The Morgan fingerprint density at radius 3 is 2.36 bits per heavy atom. The molecule has 0 aromatic carbocycles. The number of hydrogen-bond donors (Lipinski definition) is 1. The van der Waals surface area contributed by atoms with E-state index in [0.29, 0.717) is 13.2 Å². The van der Waals surface area contributed by atoms with Gasteiger partial charge in [-0.05, 0) is 0 Å². The van der Waals surface area contributed by atoms with Gasteiger partial charge in [0.05, 0.1) is 20.3 Å². The van der Waals surface area contributed by atoms with E-state index >= 15 is 0 Å². The minimum absolute atomic E-state index is 0.152. The van der Waals surface area contributed by atoms with Crippen LogP contribution in [0.15, 0.2) is 0 Å². The van der Waals surface area contributed by atoms with Gasteiger partial charge in [0.15, 0.2) is 6.10 Å². The normalized spacial score (nSPS) is 22.4. The van der Waals surface area contributed by atoms with Crippen molar-refractivity contribution in [3.8, 4) is 0 Å². The molecule has 0 amide bonds. The zero-order valence-corrected chi connectivity index (χ0v) is 9.16. The second-order valence-corrected chi connectivity index (χ2v) is 4.70. The SMILES string of the molecule is COC(=O)C(O)C(C)(C)C1(C)COC1. The lowest BCUT2D eigenvalue weighted by molar-refractivity contribution is -0.204. The predicted molar refractivity (Wildman–Crippen MR) is 50.7 cm³/mol. The number of aliphatic hydroxyl groups is 1. The number of carbonyl (C=O) groups is 1. The molecule has 0 aromatic heterocycles. The van der Waals surface area contributed by atoms with Crippen LogP contribution in [-0.4, -0.2) is 37.5 Å². The molecule has 82 valence electrons. The largest absolute Gasteiger partial charge is 0.467 e. The summed E-state index contributed by atoms with van der Waals surface area (Å²) in [5, 5.41) is 9.82. The summed E-state index contributed by atoms with van der Waals surface area (Å²) in [6, 6.07) is 0. The van der Waals surface area contributed by atoms with E-state index in [1.807, 2.05) is 20.8 Å². The molecule has 1 saturated heterocycles. The summed E-state index contributed by atoms with van der Waals surface area (Å²) in [6.07, 6.45) is -1.10. The number of methoxy groups -OCH3 is 1. The highest BCUT2D eigenvalue weighted by Gasteiger charge is 2.53. The van der Waals surface area contributed by atoms with Crippen molar-refractivity contribution in [3.63, 3.8) is 0 Å². The maximum absolute atomic E-state index is 11.2. The van der Waals surface area contributed by atoms with Gasteiger partial charge in [-0.1, -0.05) is 20.8 Å². The molecule has 1 fully saturated rings. The van der Waals surface area contributed by atoms with E-state index in [1.54, 1.807) is 0 Å². The molecule has 1 unspecified atom stereocenters. The first-order valence-corrected chi connectivity index (χ1v) is 4.69. The van der Waals surface area contributed by atoms with Crippen LogP contribution < -0.4 is 0 Å². The van der Waals surface area contributed by atoms with Gasteiger partial charge in [0.2, 0.25) is 0 Å². The molecule has 0 spiro atoms. The van der Waals surface area contributed by atoms with Gasteiger partial charge in [-0.15, -0.1) is 0 Å². The molecule has 0 aliphatic carbocycles. The van der Waals surface area contributed by atoms with Crippen molar-refractivity contribution in [1.82, 2.24) is 0 Å². The van der Waals surface area contributed by atoms with Crippen LogP contribution in [0.25, 0.3) is 0 Å². The zero-order chi connectivity index (χ0) is 11.0. The van der Waals surface area contributed by atoms with Crippen LogP contribution in [0.2, 0.25) is 0 Å². The Balaban J connectivity index is 2.78. The van der Waals surface area contributed by atoms with Gasteiger partial charge in [-0.2, -0.15) is 0 Å². The maximum atomic E-state index is 11.2. The molecule has 1 N–H and O–H groups in total. The predicted octanol–water partition coefficient (Wildman–Crippen LogP) is 0.583. The molecular formula is C10H18O4. The number of esters is 1. The van der Waals surface area contributed by atoms with Crippen molar-refractivity contribution in [2.24, 2.45) is 10.8 Å². The van der Waals surface area contributed by atoms with Crippen LogP contribution in [0.5, 0.6) is 0 Å². The average molecular weight is 202 g/mol. The van der Waals surface area contributed by atoms with Gasteiger partial charge in [-0.25, -0.2) is 4.79 Å². The molecule has 1 rings (SSSR count). The van der Waals surface area contributed by atoms with Crippen LogP contribution in [0.3, 0.4) is 0 Å². The van der Waals surface area contributed by atoms with Gasteiger partial charge in [0.1, 0.15) is 0 Å². The number of ether oxygens (including phenoxy) is 2. The van der Waals surface area contributed by atoms with Crippen molar-refractivity contribution in [2.45, 2.75) is 26.9 Å². The summed E-state index contributed by atoms with van der Waals surface area (Å²) in [5.74, 6) is -0.580. The lowest BCUT2D eigenvalue weighted by Crippen LogP contribution is -2.57. The summed E-state index contributed by atoms with van der Waals surface area (Å²) >= 11 is 0. The maximum Gasteiger partial charge on any atom is 0.335 e. The number of aliphatic hydroxyl groups excluding tert-OH is 1. The van der Waals surface area contributed by atoms with Crippen LogP contribution in [0.4, 0.5) is 0 Å². The minimum atomic E-state index is -1.10. The van der Waals surface area contributed by atoms with E-state index in [9.17, 15) is 9.90 Å². The van der Waals surface area contributed by atoms with Crippen LogP contribution in [0, 0.1) is 10.8 Å². The number of hydrogen-bond acceptors (Lipinski definition) is 4. The standard InChI is InChI=1S/C10H18O4/c1-9(2,7(11)8(12)13-4)10(3)5-14-6-10/h7,11H,5-6H2,1-4H3. The van der Waals surface area contributed by atoms with Crippen molar-refractivity contribution in [3.05, 3.63) is 0 Å². The summed E-state index contributed by atoms with van der Waals surface area (Å²) in [5.41, 5.74) is -0.682. The van der Waals surface area contributed by atoms with Crippen molar-refractivity contribution in [1.29, 1.82) is 0 Å². The van der Waals surface area contributed by atoms with E-state index < -0.39 is 17.5 Å². The quantitative estimate of drug-likeness (QED) is 0.680. The average Bonchev–Trinajstić information content (AvgIpc) is 2.11. The first-order chi connectivity index (χ1) is 6.35. The highest BCUT2D eigenvalue weighted by Crippen LogP contribution is 2.46. The Labute approximate surface area is 84.2 Å². The molecule has 0 bridgehead atoms. The summed E-state index contributed by atoms with van der Waals surface area (Å²) < 4.78 is 9.66. The second-order valence-electron chi connectivity index (χ2n) is 4.70. The molecule has 1 aliphatic rings. The molecule has 0 saturated carbocycles. The monoisotopic (exact) mass is 202 g/mol. The van der Waals surface area contributed by atoms with E-state index in [4.69, 9.17) is 4.74 Å². The van der Waals surface area contributed by atoms with Crippen LogP contribution >= 0.6 is 0 Å². The Morgan fingerprint density at radius 2 is 2.07 bits per heavy atom. The van der Waals surface area contributed by atoms with E-state index in [2.05, 4.69) is 4.74 Å². The van der Waals surface area contributed by atoms with E-state index in [-0.39, 0.29) is 5.41 Å². The Kier molecular flexibility index (Phi) is 2.88. The number of rotatable bonds is 3. The van der Waals surface area contributed by atoms with Gasteiger partial charge in [-0.3, -0.25) is 0 Å². The Bertz CT molecular complexity index is 230. The van der Waals surface area contributed by atoms with E-state index in [0.717, 1.165) is 0 Å². The van der Waals surface area contributed by atoms with E-state index in [1.165, 1.54) is 7.11 Å². The fourth-order valence-corrected chi connectivity index (χ4v) is 1.52. The number of carbonyl (C=O) groups excluding carboxylic acids is 1. The molecule has 1 atom stereocenters. The van der Waals surface area contributed by atoms with Gasteiger partial charge >= 0.3 is 5.97 Å². The summed E-state index contributed by atoms with van der Waals surface area (Å²) in [4.78, 5) is 11.2. The lowest BCUT2D eigenvalue weighted by atomic mass is 9.62. The molecule has 4 nitrogen and oxygen atoms in total. The lowest BCUT2D eigenvalue weighted by Gasteiger charge is -2.51. The third kappa shape index (κ3) is 1.53. The highest BCUT2D eigenvalue weighted by molar-refractivity contribution is 5.75. The molecular weight excluding hydrogens is 184 g/mol. The molecule has 1 heterocycles. The van der Waals surface area contributed by atoms with Crippen molar-refractivity contribution >= 4 is 5.97 Å². The van der Waals surface area contributed by atoms with Crippen LogP contribution in [0.1, 0.15) is 20.8 Å². The zero-order valence-electron chi connectivity index (χ0n) is 9.16. The Hall–Kier alpha value is -0.610. The highest BCUT2D eigenvalue weighted by atomic mass is 16.5. The van der Waals surface area contributed by atoms with Gasteiger partial charge < -0.3 is 14.6 Å². The third-order valence-corrected chi connectivity index (χ3v) is 3.50. The fraction of sp³-hybridized carbons (Fsp3) is 0.900. The minimum Gasteiger partial charge on any atom is -0.467 e. The van der Waals surface area contributed by atoms with Crippen LogP contribution in [-0.2, 0) is 14.3 Å². The smallest absolute Gasteiger partial charge is 0.335 e. The molecule has 1 aliphatic heterocycles. The molecule has 4 heteroatoms. The van der Waals surface area contributed by atoms with Crippen molar-refractivity contribution < 1.29 is 19.4 Å². The van der Waals surface area contributed by atoms with Crippen molar-refractivity contribution in [2.75, 3.05) is 20.3 Å². The molecule has 14 heavy (non-hydrogen) atoms. The molecule has 0 radical (unpaired) electrons. The summed E-state index contributed by atoms with van der Waals surface area (Å²) in [6.45, 7) is 6.87. The Morgan fingerprint density at radius 1 is 1.57 bits per heavy atom. The summed E-state index contributed by atoms with van der Waals surface area (Å²) in [7, 11) is 1.28. The van der Waals surface area contributed by atoms with Gasteiger partial charge in [0, 0.05) is 10.8 Å². The first kappa shape index (κ1) is 11.5. The third-order valence-electron chi connectivity index (χ3n) is 3.50. The van der Waals surface area contributed by atoms with Gasteiger partial charge in [0.25, 0.3) is 0 Å². The second kappa shape index (κ2) is 3.51. The first-order valence-electron chi connectivity index (χ1n) is 4.69. The fourth-order valence-electron chi connectivity index (χ4n) is 1.52.